The van der Waals surface area contributed by atoms with Crippen molar-refractivity contribution in [3.05, 3.63) is 41.3 Å². The number of carbonyl (C=O) groups is 1. The van der Waals surface area contributed by atoms with Crippen LogP contribution in [0.2, 0.25) is 0 Å². The molecule has 3 rings (SSSR count). The highest BCUT2D eigenvalue weighted by Gasteiger charge is 2.19. The van der Waals surface area contributed by atoms with Crippen molar-refractivity contribution in [1.82, 2.24) is 25.0 Å². The Labute approximate surface area is 149 Å². The third kappa shape index (κ3) is 4.38. The predicted molar refractivity (Wildman–Crippen MR) is 97.7 cm³/mol. The van der Waals surface area contributed by atoms with Crippen molar-refractivity contribution in [2.75, 3.05) is 13.6 Å². The number of rotatable bonds is 5. The van der Waals surface area contributed by atoms with Crippen molar-refractivity contribution in [3.63, 3.8) is 0 Å². The van der Waals surface area contributed by atoms with Crippen LogP contribution in [0.3, 0.4) is 0 Å². The van der Waals surface area contributed by atoms with E-state index in [0.29, 0.717) is 12.5 Å². The third-order valence-electron chi connectivity index (χ3n) is 4.83. The number of urea groups is 1. The molecule has 1 N–H and O–H groups in total. The highest BCUT2D eigenvalue weighted by molar-refractivity contribution is 5.73. The molecule has 1 saturated carbocycles. The van der Waals surface area contributed by atoms with Crippen LogP contribution in [0.5, 0.6) is 0 Å². The van der Waals surface area contributed by atoms with Crippen molar-refractivity contribution in [3.8, 4) is 5.82 Å². The molecular weight excluding hydrogens is 314 g/mol. The smallest absolute Gasteiger partial charge is 0.317 e. The number of hydrogen-bond donors (Lipinski definition) is 1. The lowest BCUT2D eigenvalue weighted by molar-refractivity contribution is 0.200. The Morgan fingerprint density at radius 3 is 2.68 bits per heavy atom. The van der Waals surface area contributed by atoms with Gasteiger partial charge >= 0.3 is 6.03 Å². The van der Waals surface area contributed by atoms with Crippen LogP contribution in [0.25, 0.3) is 5.82 Å². The molecule has 6 nitrogen and oxygen atoms in total. The molecule has 1 aliphatic carbocycles. The minimum absolute atomic E-state index is 0.0190. The van der Waals surface area contributed by atoms with Gasteiger partial charge in [0.2, 0.25) is 0 Å². The Balaban J connectivity index is 1.53. The highest BCUT2D eigenvalue weighted by atomic mass is 16.2. The van der Waals surface area contributed by atoms with E-state index in [-0.39, 0.29) is 6.03 Å². The van der Waals surface area contributed by atoms with Crippen molar-refractivity contribution in [2.45, 2.75) is 46.1 Å². The Kier molecular flexibility index (Phi) is 5.36. The van der Waals surface area contributed by atoms with Gasteiger partial charge in [0.05, 0.1) is 5.69 Å². The van der Waals surface area contributed by atoms with E-state index < -0.39 is 0 Å². The van der Waals surface area contributed by atoms with Gasteiger partial charge < -0.3 is 10.2 Å². The predicted octanol–water partition coefficient (Wildman–Crippen LogP) is 3.22. The molecule has 134 valence electrons. The van der Waals surface area contributed by atoms with Crippen LogP contribution in [-0.2, 0) is 6.54 Å². The maximum Gasteiger partial charge on any atom is 0.317 e. The van der Waals surface area contributed by atoms with E-state index in [2.05, 4.69) is 15.4 Å². The molecule has 1 fully saturated rings. The normalized spacial score (nSPS) is 14.7. The summed E-state index contributed by atoms with van der Waals surface area (Å²) < 4.78 is 1.83. The first-order chi connectivity index (χ1) is 12.0. The number of nitrogens with one attached hydrogen (secondary N) is 1. The summed E-state index contributed by atoms with van der Waals surface area (Å²) in [5.41, 5.74) is 3.01. The van der Waals surface area contributed by atoms with Crippen LogP contribution in [0, 0.1) is 19.8 Å². The summed E-state index contributed by atoms with van der Waals surface area (Å²) in [6, 6.07) is 5.92. The monoisotopic (exact) mass is 341 g/mol. The molecule has 0 radical (unpaired) electrons. The van der Waals surface area contributed by atoms with Crippen LogP contribution in [-0.4, -0.2) is 39.3 Å². The number of pyridine rings is 1. The van der Waals surface area contributed by atoms with Gasteiger partial charge in [-0.05, 0) is 50.3 Å². The quantitative estimate of drug-likeness (QED) is 0.908. The van der Waals surface area contributed by atoms with Crippen molar-refractivity contribution in [2.24, 2.45) is 5.92 Å². The first kappa shape index (κ1) is 17.5. The van der Waals surface area contributed by atoms with Gasteiger partial charge in [-0.1, -0.05) is 18.9 Å². The summed E-state index contributed by atoms with van der Waals surface area (Å²) in [6.45, 7) is 5.31. The Bertz CT molecular complexity index is 716. The fourth-order valence-corrected chi connectivity index (χ4v) is 3.48. The third-order valence-corrected chi connectivity index (χ3v) is 4.83. The summed E-state index contributed by atoms with van der Waals surface area (Å²) in [4.78, 5) is 18.5. The Morgan fingerprint density at radius 2 is 2.08 bits per heavy atom. The summed E-state index contributed by atoms with van der Waals surface area (Å²) in [6.07, 6.45) is 6.88. The molecule has 25 heavy (non-hydrogen) atoms. The zero-order valence-corrected chi connectivity index (χ0v) is 15.3. The van der Waals surface area contributed by atoms with E-state index in [9.17, 15) is 4.79 Å². The molecule has 0 bridgehead atoms. The highest BCUT2D eigenvalue weighted by Crippen LogP contribution is 2.25. The molecule has 0 unspecified atom stereocenters. The average molecular weight is 341 g/mol. The summed E-state index contributed by atoms with van der Waals surface area (Å²) in [7, 11) is 1.87. The topological polar surface area (TPSA) is 63.1 Å². The number of aryl methyl sites for hydroxylation is 2. The molecule has 0 aromatic carbocycles. The maximum absolute atomic E-state index is 12.2. The number of carbonyl (C=O) groups excluding carboxylic acids is 1. The molecule has 2 amide bonds. The van der Waals surface area contributed by atoms with E-state index in [4.69, 9.17) is 0 Å². The van der Waals surface area contributed by atoms with Gasteiger partial charge in [0.1, 0.15) is 0 Å². The molecule has 6 heteroatoms. The Morgan fingerprint density at radius 1 is 1.32 bits per heavy atom. The number of hydrogen-bond acceptors (Lipinski definition) is 3. The van der Waals surface area contributed by atoms with E-state index >= 15 is 0 Å². The van der Waals surface area contributed by atoms with Crippen molar-refractivity contribution < 1.29 is 4.79 Å². The van der Waals surface area contributed by atoms with Gasteiger partial charge in [-0.3, -0.25) is 0 Å². The van der Waals surface area contributed by atoms with E-state index in [0.717, 1.165) is 29.3 Å². The molecule has 0 aliphatic heterocycles. The van der Waals surface area contributed by atoms with Crippen LogP contribution >= 0.6 is 0 Å². The standard InChI is InChI=1S/C19H27N5O/c1-14-10-15(2)24(22-14)18-9-8-17(11-20-18)12-21-19(25)23(3)13-16-6-4-5-7-16/h8-11,16H,4-7,12-13H2,1-3H3,(H,21,25). The SMILES string of the molecule is Cc1cc(C)n(-c2ccc(CNC(=O)N(C)CC3CCCC3)cn2)n1. The van der Waals surface area contributed by atoms with E-state index in [1.807, 2.05) is 43.8 Å². The second-order valence-electron chi connectivity index (χ2n) is 7.05. The van der Waals surface area contributed by atoms with Gasteiger partial charge in [-0.2, -0.15) is 5.10 Å². The number of aromatic nitrogens is 3. The lowest BCUT2D eigenvalue weighted by atomic mass is 10.1. The van der Waals surface area contributed by atoms with Crippen molar-refractivity contribution in [1.29, 1.82) is 0 Å². The van der Waals surface area contributed by atoms with Gasteiger partial charge in [-0.15, -0.1) is 0 Å². The van der Waals surface area contributed by atoms with Crippen LogP contribution in [0.15, 0.2) is 24.4 Å². The largest absolute Gasteiger partial charge is 0.334 e. The molecule has 2 aromatic rings. The molecule has 2 heterocycles. The first-order valence-corrected chi connectivity index (χ1v) is 9.00. The van der Waals surface area contributed by atoms with Crippen LogP contribution in [0.4, 0.5) is 4.79 Å². The van der Waals surface area contributed by atoms with Crippen molar-refractivity contribution >= 4 is 6.03 Å². The van der Waals surface area contributed by atoms with Gasteiger partial charge in [0.25, 0.3) is 0 Å². The second kappa shape index (κ2) is 7.68. The summed E-state index contributed by atoms with van der Waals surface area (Å²) >= 11 is 0. The molecule has 0 atom stereocenters. The average Bonchev–Trinajstić information content (AvgIpc) is 3.22. The lowest BCUT2D eigenvalue weighted by Gasteiger charge is -2.21. The Hall–Kier alpha value is -2.37. The van der Waals surface area contributed by atoms with Gasteiger partial charge in [0.15, 0.2) is 5.82 Å². The van der Waals surface area contributed by atoms with E-state index in [1.54, 1.807) is 11.1 Å². The minimum Gasteiger partial charge on any atom is -0.334 e. The van der Waals surface area contributed by atoms with Crippen LogP contribution in [0.1, 0.15) is 42.6 Å². The maximum atomic E-state index is 12.2. The molecular formula is C19H27N5O. The van der Waals surface area contributed by atoms with Crippen LogP contribution < -0.4 is 5.32 Å². The summed E-state index contributed by atoms with van der Waals surface area (Å²) in [5.74, 6) is 1.46. The molecule has 0 saturated heterocycles. The lowest BCUT2D eigenvalue weighted by Crippen LogP contribution is -2.39. The molecule has 2 aromatic heterocycles. The van der Waals surface area contributed by atoms with E-state index in [1.165, 1.54) is 25.7 Å². The number of amides is 2. The first-order valence-electron chi connectivity index (χ1n) is 9.00. The molecule has 1 aliphatic rings. The fourth-order valence-electron chi connectivity index (χ4n) is 3.48. The van der Waals surface area contributed by atoms with Gasteiger partial charge in [0, 0.05) is 32.0 Å². The summed E-state index contributed by atoms with van der Waals surface area (Å²) in [5, 5.41) is 7.41. The zero-order valence-electron chi connectivity index (χ0n) is 15.3. The zero-order chi connectivity index (χ0) is 17.8. The number of nitrogens with zero attached hydrogens (tertiary/aromatic N) is 4. The fraction of sp³-hybridized carbons (Fsp3) is 0.526. The van der Waals surface area contributed by atoms with Gasteiger partial charge in [-0.25, -0.2) is 14.5 Å². The molecule has 0 spiro atoms. The minimum atomic E-state index is -0.0190. The second-order valence-corrected chi connectivity index (χ2v) is 7.05.